The molecule has 0 N–H and O–H groups in total. The van der Waals surface area contributed by atoms with E-state index >= 15 is 0 Å². The number of hydrogen-bond donors (Lipinski definition) is 0. The summed E-state index contributed by atoms with van der Waals surface area (Å²) < 4.78 is 37.9. The summed E-state index contributed by atoms with van der Waals surface area (Å²) in [6, 6.07) is 31.7. The van der Waals surface area contributed by atoms with Gasteiger partial charge in [0.05, 0.1) is 10.5 Å². The van der Waals surface area contributed by atoms with E-state index in [0.29, 0.717) is 11.1 Å². The van der Waals surface area contributed by atoms with E-state index in [0.717, 1.165) is 32.1 Å². The van der Waals surface area contributed by atoms with Gasteiger partial charge in [-0.1, -0.05) is 94.3 Å². The molecule has 1 aromatic heterocycles. The normalized spacial score (nSPS) is 12.2. The van der Waals surface area contributed by atoms with Crippen LogP contribution in [0.15, 0.2) is 121 Å². The van der Waals surface area contributed by atoms with Crippen molar-refractivity contribution in [1.29, 1.82) is 0 Å². The zero-order valence-corrected chi connectivity index (χ0v) is 20.7. The van der Waals surface area contributed by atoms with Gasteiger partial charge >= 0.3 is 0 Å². The van der Waals surface area contributed by atoms with E-state index in [-0.39, 0.29) is 10.4 Å². The molecule has 0 unspecified atom stereocenters. The van der Waals surface area contributed by atoms with E-state index in [1.807, 2.05) is 85.8 Å². The van der Waals surface area contributed by atoms with Crippen LogP contribution < -0.4 is 5.55 Å². The van der Waals surface area contributed by atoms with E-state index in [4.69, 9.17) is 4.42 Å². The molecule has 0 spiro atoms. The number of nitrogens with zero attached hydrogens (tertiary/aromatic N) is 1. The Bertz CT molecular complexity index is 1660. The highest BCUT2D eigenvalue weighted by Crippen LogP contribution is 2.37. The van der Waals surface area contributed by atoms with Crippen LogP contribution in [0.4, 0.5) is 0 Å². The number of rotatable bonds is 4. The highest BCUT2D eigenvalue weighted by Gasteiger charge is 2.20. The molecule has 6 heteroatoms. The Kier molecular flexibility index (Phi) is 5.94. The van der Waals surface area contributed by atoms with E-state index < -0.39 is 10.0 Å². The fourth-order valence-electron chi connectivity index (χ4n) is 3.90. The molecule has 4 aromatic carbocycles. The van der Waals surface area contributed by atoms with Crippen molar-refractivity contribution in [1.82, 2.24) is 0 Å². The molecule has 0 saturated carbocycles. The lowest BCUT2D eigenvalue weighted by Gasteiger charge is -2.14. The second-order valence-electron chi connectivity index (χ2n) is 7.91. The Balaban J connectivity index is 1.94. The first-order valence-electron chi connectivity index (χ1n) is 10.7. The van der Waals surface area contributed by atoms with Crippen molar-refractivity contribution in [3.63, 3.8) is 0 Å². The van der Waals surface area contributed by atoms with Gasteiger partial charge in [0.2, 0.25) is 5.55 Å². The molecular weight excluding hydrogens is 510 g/mol. The summed E-state index contributed by atoms with van der Waals surface area (Å²) >= 11 is 3.56. The fraction of sp³-hybridized carbons (Fsp3) is 0.0357. The van der Waals surface area contributed by atoms with Gasteiger partial charge in [-0.05, 0) is 48.4 Å². The average Bonchev–Trinajstić information content (AvgIpc) is 2.84. The molecule has 1 heterocycles. The van der Waals surface area contributed by atoms with Crippen molar-refractivity contribution in [2.75, 3.05) is 0 Å². The van der Waals surface area contributed by atoms with Crippen LogP contribution in [0.3, 0.4) is 0 Å². The van der Waals surface area contributed by atoms with Gasteiger partial charge in [-0.25, -0.2) is 0 Å². The number of sulfonamides is 1. The first-order valence-corrected chi connectivity index (χ1v) is 12.9. The highest BCUT2D eigenvalue weighted by molar-refractivity contribution is 9.10. The summed E-state index contributed by atoms with van der Waals surface area (Å²) in [7, 11) is -4.01. The molecule has 0 atom stereocenters. The lowest BCUT2D eigenvalue weighted by atomic mass is 9.93. The van der Waals surface area contributed by atoms with Crippen molar-refractivity contribution < 1.29 is 12.8 Å². The maximum Gasteiger partial charge on any atom is 0.285 e. The topological polar surface area (TPSA) is 59.6 Å². The minimum Gasteiger partial charge on any atom is -0.437 e. The Morgan fingerprint density at radius 2 is 1.32 bits per heavy atom. The molecule has 168 valence electrons. The van der Waals surface area contributed by atoms with Crippen LogP contribution in [-0.4, -0.2) is 8.42 Å². The smallest absolute Gasteiger partial charge is 0.285 e. The van der Waals surface area contributed by atoms with Crippen LogP contribution in [0.25, 0.3) is 33.2 Å². The van der Waals surface area contributed by atoms with Crippen LogP contribution in [0.1, 0.15) is 5.56 Å². The Morgan fingerprint density at radius 3 is 1.94 bits per heavy atom. The van der Waals surface area contributed by atoms with Gasteiger partial charge in [0.1, 0.15) is 5.58 Å². The zero-order valence-electron chi connectivity index (χ0n) is 18.3. The van der Waals surface area contributed by atoms with E-state index in [9.17, 15) is 8.42 Å². The van der Waals surface area contributed by atoms with E-state index in [1.54, 1.807) is 24.3 Å². The Morgan fingerprint density at radius 1 is 0.735 bits per heavy atom. The molecule has 5 rings (SSSR count). The molecule has 34 heavy (non-hydrogen) atoms. The Labute approximate surface area is 206 Å². The van der Waals surface area contributed by atoms with Gasteiger partial charge in [-0.3, -0.25) is 0 Å². The zero-order chi connectivity index (χ0) is 23.7. The SMILES string of the molecule is Cc1ccc(S(=O)(=O)N=c2oc3ccc(Br)cc3c(-c3ccccc3)c2-c2ccccc2)cc1. The molecular formula is C28H20BrNO3S. The van der Waals surface area contributed by atoms with Crippen LogP contribution >= 0.6 is 15.9 Å². The van der Waals surface area contributed by atoms with Crippen molar-refractivity contribution in [2.45, 2.75) is 11.8 Å². The van der Waals surface area contributed by atoms with Crippen molar-refractivity contribution >= 4 is 36.9 Å². The van der Waals surface area contributed by atoms with Gasteiger partial charge < -0.3 is 4.42 Å². The molecule has 0 aliphatic rings. The maximum atomic E-state index is 13.3. The predicted octanol–water partition coefficient (Wildman–Crippen LogP) is 7.13. The van der Waals surface area contributed by atoms with Crippen LogP contribution in [0.5, 0.6) is 0 Å². The summed E-state index contributed by atoms with van der Waals surface area (Å²) in [5.74, 6) is 0. The standard InChI is InChI=1S/C28H20BrNO3S/c1-19-12-15-23(16-13-19)34(31,32)30-28-27(21-10-6-3-7-11-21)26(20-8-4-2-5-9-20)24-18-22(29)14-17-25(24)33-28/h2-18H,1H3. The molecule has 0 radical (unpaired) electrons. The second kappa shape index (κ2) is 9.05. The van der Waals surface area contributed by atoms with Crippen molar-refractivity contribution in [3.8, 4) is 22.3 Å². The maximum absolute atomic E-state index is 13.3. The largest absolute Gasteiger partial charge is 0.437 e. The monoisotopic (exact) mass is 529 g/mol. The van der Waals surface area contributed by atoms with Crippen molar-refractivity contribution in [3.05, 3.63) is 119 Å². The van der Waals surface area contributed by atoms with E-state index in [1.165, 1.54) is 0 Å². The minimum absolute atomic E-state index is 0.0421. The predicted molar refractivity (Wildman–Crippen MR) is 139 cm³/mol. The van der Waals surface area contributed by atoms with Gasteiger partial charge in [0.25, 0.3) is 10.0 Å². The van der Waals surface area contributed by atoms with Crippen LogP contribution in [-0.2, 0) is 10.0 Å². The van der Waals surface area contributed by atoms with Gasteiger partial charge in [-0.2, -0.15) is 8.42 Å². The molecule has 5 aromatic rings. The lowest BCUT2D eigenvalue weighted by Crippen LogP contribution is -2.12. The summed E-state index contributed by atoms with van der Waals surface area (Å²) in [4.78, 5) is 0.115. The first kappa shape index (κ1) is 22.3. The first-order chi connectivity index (χ1) is 16.4. The number of hydrogen-bond acceptors (Lipinski definition) is 3. The second-order valence-corrected chi connectivity index (χ2v) is 10.4. The molecule has 0 fully saturated rings. The number of halogens is 1. The highest BCUT2D eigenvalue weighted by atomic mass is 79.9. The summed E-state index contributed by atoms with van der Waals surface area (Å²) in [6.45, 7) is 1.91. The summed E-state index contributed by atoms with van der Waals surface area (Å²) in [5.41, 5.74) is 4.77. The molecule has 0 amide bonds. The number of benzene rings is 4. The third-order valence-corrected chi connectivity index (χ3v) is 7.30. The molecule has 0 aliphatic heterocycles. The number of fused-ring (bicyclic) bond motifs is 1. The molecule has 0 bridgehead atoms. The van der Waals surface area contributed by atoms with Crippen LogP contribution in [0, 0.1) is 6.92 Å². The summed E-state index contributed by atoms with van der Waals surface area (Å²) in [6.07, 6.45) is 0. The minimum atomic E-state index is -4.01. The quantitative estimate of drug-likeness (QED) is 0.249. The third-order valence-electron chi connectivity index (χ3n) is 5.53. The summed E-state index contributed by atoms with van der Waals surface area (Å²) in [5, 5.41) is 0.853. The van der Waals surface area contributed by atoms with Gasteiger partial charge in [-0.15, -0.1) is 4.40 Å². The third kappa shape index (κ3) is 4.34. The van der Waals surface area contributed by atoms with Gasteiger partial charge in [0, 0.05) is 15.4 Å². The fourth-order valence-corrected chi connectivity index (χ4v) is 5.19. The molecule has 4 nitrogen and oxygen atoms in total. The van der Waals surface area contributed by atoms with Gasteiger partial charge in [0.15, 0.2) is 0 Å². The Hall–Kier alpha value is -3.48. The van der Waals surface area contributed by atoms with Crippen molar-refractivity contribution in [2.24, 2.45) is 4.40 Å². The van der Waals surface area contributed by atoms with E-state index in [2.05, 4.69) is 20.3 Å². The molecule has 0 aliphatic carbocycles. The number of aryl methyl sites for hydroxylation is 1. The molecule has 0 saturated heterocycles. The lowest BCUT2D eigenvalue weighted by molar-refractivity contribution is 0.543. The van der Waals surface area contributed by atoms with Crippen LogP contribution in [0.2, 0.25) is 0 Å². The average molecular weight is 530 g/mol.